The summed E-state index contributed by atoms with van der Waals surface area (Å²) in [5, 5.41) is 8.28. The molecule has 3 heterocycles. The van der Waals surface area contributed by atoms with E-state index in [4.69, 9.17) is 0 Å². The number of aromatic nitrogens is 4. The zero-order chi connectivity index (χ0) is 17.9. The number of carbonyl (C=O) groups is 1. The lowest BCUT2D eigenvalue weighted by Gasteiger charge is -2.31. The number of likely N-dealkylation sites (tertiary alicyclic amines) is 1. The standard InChI is InChI=1S/C20H23N5O/c1-2-18-22-19(24-23-18)13-14-9-11-25(12-10-14)20(26)17-8-7-15-5-3-4-6-16(15)21-17/h3-8,14H,2,9-13H2,1H3,(H,22,23,24). The van der Waals surface area contributed by atoms with Crippen molar-refractivity contribution in [2.45, 2.75) is 32.6 Å². The molecule has 0 atom stereocenters. The minimum Gasteiger partial charge on any atom is -0.337 e. The molecule has 1 fully saturated rings. The van der Waals surface area contributed by atoms with Crippen LogP contribution in [0.4, 0.5) is 0 Å². The van der Waals surface area contributed by atoms with Crippen molar-refractivity contribution in [2.75, 3.05) is 13.1 Å². The highest BCUT2D eigenvalue weighted by Gasteiger charge is 2.25. The molecule has 26 heavy (non-hydrogen) atoms. The van der Waals surface area contributed by atoms with E-state index in [1.807, 2.05) is 41.3 Å². The van der Waals surface area contributed by atoms with Gasteiger partial charge in [0.15, 0.2) is 0 Å². The van der Waals surface area contributed by atoms with Crippen molar-refractivity contribution in [2.24, 2.45) is 5.92 Å². The average Bonchev–Trinajstić information content (AvgIpc) is 3.15. The average molecular weight is 349 g/mol. The van der Waals surface area contributed by atoms with Crippen LogP contribution in [-0.4, -0.2) is 44.1 Å². The van der Waals surface area contributed by atoms with Gasteiger partial charge in [0.05, 0.1) is 5.52 Å². The molecule has 0 spiro atoms. The molecule has 1 N–H and O–H groups in total. The first kappa shape index (κ1) is 16.7. The fourth-order valence-corrected chi connectivity index (χ4v) is 3.54. The van der Waals surface area contributed by atoms with Gasteiger partial charge >= 0.3 is 0 Å². The molecular formula is C20H23N5O. The first-order valence-corrected chi connectivity index (χ1v) is 9.28. The molecule has 134 valence electrons. The topological polar surface area (TPSA) is 74.8 Å². The van der Waals surface area contributed by atoms with E-state index in [-0.39, 0.29) is 5.91 Å². The van der Waals surface area contributed by atoms with Crippen LogP contribution < -0.4 is 0 Å². The number of benzene rings is 1. The minimum atomic E-state index is 0.0298. The minimum absolute atomic E-state index is 0.0298. The van der Waals surface area contributed by atoms with E-state index in [9.17, 15) is 4.79 Å². The first-order valence-electron chi connectivity index (χ1n) is 9.28. The quantitative estimate of drug-likeness (QED) is 0.786. The van der Waals surface area contributed by atoms with Crippen molar-refractivity contribution in [1.29, 1.82) is 0 Å². The van der Waals surface area contributed by atoms with Crippen LogP contribution in [0.5, 0.6) is 0 Å². The molecule has 3 aromatic rings. The maximum Gasteiger partial charge on any atom is 0.272 e. The summed E-state index contributed by atoms with van der Waals surface area (Å²) in [4.78, 5) is 23.7. The van der Waals surface area contributed by atoms with Crippen molar-refractivity contribution in [1.82, 2.24) is 25.1 Å². The molecule has 1 aliphatic rings. The SMILES string of the molecule is CCc1n[nH]c(CC2CCN(C(=O)c3ccc4ccccc4n3)CC2)n1. The van der Waals surface area contributed by atoms with Gasteiger partial charge in [-0.2, -0.15) is 5.10 Å². The molecule has 4 rings (SSSR count). The third kappa shape index (κ3) is 3.45. The van der Waals surface area contributed by atoms with Crippen LogP contribution in [0.1, 0.15) is 41.9 Å². The molecule has 0 radical (unpaired) electrons. The van der Waals surface area contributed by atoms with E-state index in [1.54, 1.807) is 0 Å². The van der Waals surface area contributed by atoms with Crippen LogP contribution in [0, 0.1) is 5.92 Å². The zero-order valence-electron chi connectivity index (χ0n) is 15.0. The summed E-state index contributed by atoms with van der Waals surface area (Å²) in [7, 11) is 0. The number of H-pyrrole nitrogens is 1. The van der Waals surface area contributed by atoms with Gasteiger partial charge in [-0.15, -0.1) is 0 Å². The molecule has 1 saturated heterocycles. The van der Waals surface area contributed by atoms with Crippen molar-refractivity contribution < 1.29 is 4.79 Å². The van der Waals surface area contributed by atoms with E-state index in [0.717, 1.165) is 61.3 Å². The van der Waals surface area contributed by atoms with Gasteiger partial charge in [-0.25, -0.2) is 9.97 Å². The largest absolute Gasteiger partial charge is 0.337 e. The molecule has 0 aliphatic carbocycles. The van der Waals surface area contributed by atoms with Gasteiger partial charge in [0, 0.05) is 31.3 Å². The summed E-state index contributed by atoms with van der Waals surface area (Å²) in [5.74, 6) is 2.40. The zero-order valence-corrected chi connectivity index (χ0v) is 15.0. The van der Waals surface area contributed by atoms with E-state index in [1.165, 1.54) is 0 Å². The number of aryl methyl sites for hydroxylation is 1. The van der Waals surface area contributed by atoms with Crippen molar-refractivity contribution >= 4 is 16.8 Å². The second-order valence-corrected chi connectivity index (χ2v) is 6.88. The van der Waals surface area contributed by atoms with Crippen LogP contribution in [0.2, 0.25) is 0 Å². The van der Waals surface area contributed by atoms with Crippen LogP contribution in [0.3, 0.4) is 0 Å². The smallest absolute Gasteiger partial charge is 0.272 e. The molecule has 1 amide bonds. The Bertz CT molecular complexity index is 911. The van der Waals surface area contributed by atoms with Crippen molar-refractivity contribution in [3.63, 3.8) is 0 Å². The number of amides is 1. The molecule has 0 saturated carbocycles. The highest BCUT2D eigenvalue weighted by molar-refractivity contribution is 5.94. The number of piperidine rings is 1. The van der Waals surface area contributed by atoms with Gasteiger partial charge in [-0.3, -0.25) is 9.89 Å². The molecule has 1 aromatic carbocycles. The van der Waals surface area contributed by atoms with E-state index in [2.05, 4.69) is 27.1 Å². The summed E-state index contributed by atoms with van der Waals surface area (Å²) in [5.41, 5.74) is 1.40. The molecule has 6 nitrogen and oxygen atoms in total. The number of hydrogen-bond donors (Lipinski definition) is 1. The maximum absolute atomic E-state index is 12.8. The fraction of sp³-hybridized carbons (Fsp3) is 0.400. The summed E-state index contributed by atoms with van der Waals surface area (Å²) >= 11 is 0. The second-order valence-electron chi connectivity index (χ2n) is 6.88. The highest BCUT2D eigenvalue weighted by Crippen LogP contribution is 2.22. The van der Waals surface area contributed by atoms with Crippen molar-refractivity contribution in [3.05, 3.63) is 53.7 Å². The molecule has 6 heteroatoms. The number of nitrogens with zero attached hydrogens (tertiary/aromatic N) is 4. The lowest BCUT2D eigenvalue weighted by molar-refractivity contribution is 0.0684. The Morgan fingerprint density at radius 1 is 1.15 bits per heavy atom. The Kier molecular flexibility index (Phi) is 4.65. The lowest BCUT2D eigenvalue weighted by atomic mass is 9.93. The molecule has 1 aliphatic heterocycles. The summed E-state index contributed by atoms with van der Waals surface area (Å²) < 4.78 is 0. The third-order valence-electron chi connectivity index (χ3n) is 5.10. The van der Waals surface area contributed by atoms with Gasteiger partial charge in [0.1, 0.15) is 17.3 Å². The van der Waals surface area contributed by atoms with Crippen LogP contribution in [0.15, 0.2) is 36.4 Å². The monoisotopic (exact) mass is 349 g/mol. The molecule has 0 unspecified atom stereocenters. The Hall–Kier alpha value is -2.76. The molecule has 0 bridgehead atoms. The van der Waals surface area contributed by atoms with E-state index < -0.39 is 0 Å². The number of carbonyl (C=O) groups excluding carboxylic acids is 1. The van der Waals surface area contributed by atoms with Gasteiger partial charge in [0.25, 0.3) is 5.91 Å². The normalized spacial score (nSPS) is 15.5. The number of nitrogens with one attached hydrogen (secondary N) is 1. The van der Waals surface area contributed by atoms with Gasteiger partial charge in [-0.05, 0) is 30.9 Å². The number of hydrogen-bond acceptors (Lipinski definition) is 4. The van der Waals surface area contributed by atoms with E-state index in [0.29, 0.717) is 11.6 Å². The molecular weight excluding hydrogens is 326 g/mol. The number of pyridine rings is 1. The lowest BCUT2D eigenvalue weighted by Crippen LogP contribution is -2.39. The fourth-order valence-electron chi connectivity index (χ4n) is 3.54. The van der Waals surface area contributed by atoms with E-state index >= 15 is 0 Å². The summed E-state index contributed by atoms with van der Waals surface area (Å²) in [6, 6.07) is 11.7. The van der Waals surface area contributed by atoms with Crippen LogP contribution in [-0.2, 0) is 12.8 Å². The summed E-state index contributed by atoms with van der Waals surface area (Å²) in [6.45, 7) is 3.59. The molecule has 2 aromatic heterocycles. The van der Waals surface area contributed by atoms with Crippen LogP contribution in [0.25, 0.3) is 10.9 Å². The number of aromatic amines is 1. The summed E-state index contributed by atoms with van der Waals surface area (Å²) in [6.07, 6.45) is 3.73. The Morgan fingerprint density at radius 2 is 1.96 bits per heavy atom. The maximum atomic E-state index is 12.8. The Labute approximate surface area is 152 Å². The highest BCUT2D eigenvalue weighted by atomic mass is 16.2. The predicted molar refractivity (Wildman–Crippen MR) is 99.8 cm³/mol. The number of rotatable bonds is 4. The van der Waals surface area contributed by atoms with Crippen molar-refractivity contribution in [3.8, 4) is 0 Å². The van der Waals surface area contributed by atoms with Gasteiger partial charge in [-0.1, -0.05) is 31.2 Å². The number of fused-ring (bicyclic) bond motifs is 1. The van der Waals surface area contributed by atoms with Crippen LogP contribution >= 0.6 is 0 Å². The first-order chi connectivity index (χ1) is 12.7. The number of para-hydroxylation sites is 1. The predicted octanol–water partition coefficient (Wildman–Crippen LogP) is 3.01. The third-order valence-corrected chi connectivity index (χ3v) is 5.10. The van der Waals surface area contributed by atoms with Gasteiger partial charge in [0.2, 0.25) is 0 Å². The Balaban J connectivity index is 1.38. The Morgan fingerprint density at radius 3 is 2.73 bits per heavy atom. The van der Waals surface area contributed by atoms with Gasteiger partial charge < -0.3 is 4.90 Å². The second kappa shape index (κ2) is 7.23.